The van der Waals surface area contributed by atoms with Gasteiger partial charge in [-0.05, 0) is 59.4 Å². The number of fused-ring (bicyclic) bond motifs is 1. The molecule has 166 valence electrons. The Balaban J connectivity index is 2.13. The van der Waals surface area contributed by atoms with Gasteiger partial charge in [0.15, 0.2) is 0 Å². The van der Waals surface area contributed by atoms with E-state index in [0.29, 0.717) is 17.8 Å². The van der Waals surface area contributed by atoms with E-state index in [1.807, 2.05) is 0 Å². The van der Waals surface area contributed by atoms with Crippen LogP contribution in [0.5, 0.6) is 0 Å². The first-order chi connectivity index (χ1) is 15.5. The van der Waals surface area contributed by atoms with Gasteiger partial charge in [0, 0.05) is 5.56 Å². The molecule has 4 aromatic rings. The van der Waals surface area contributed by atoms with Gasteiger partial charge in [0.2, 0.25) is 0 Å². The largest absolute Gasteiger partial charge is 0.292 e. The number of nitrogens with zero attached hydrogens (tertiary/aromatic N) is 2. The lowest BCUT2D eigenvalue weighted by Gasteiger charge is -2.24. The maximum absolute atomic E-state index is 5.23. The van der Waals surface area contributed by atoms with Crippen molar-refractivity contribution in [2.24, 2.45) is 0 Å². The highest BCUT2D eigenvalue weighted by molar-refractivity contribution is 5.85. The molecule has 0 bridgehead atoms. The van der Waals surface area contributed by atoms with E-state index >= 15 is 0 Å². The Morgan fingerprint density at radius 2 is 1.25 bits per heavy atom. The van der Waals surface area contributed by atoms with Crippen LogP contribution in [0.25, 0.3) is 28.1 Å². The molecule has 0 spiro atoms. The van der Waals surface area contributed by atoms with Crippen molar-refractivity contribution in [1.29, 1.82) is 0 Å². The van der Waals surface area contributed by atoms with E-state index in [2.05, 4.69) is 113 Å². The van der Waals surface area contributed by atoms with Crippen LogP contribution < -0.4 is 0 Å². The molecule has 0 fully saturated rings. The molecular formula is C30H36N2. The number of aromatic nitrogens is 2. The molecular weight excluding hydrogens is 388 g/mol. The maximum Gasteiger partial charge on any atom is 0.146 e. The van der Waals surface area contributed by atoms with Crippen LogP contribution in [0.4, 0.5) is 0 Å². The van der Waals surface area contributed by atoms with Gasteiger partial charge in [-0.15, -0.1) is 0 Å². The fourth-order valence-electron chi connectivity index (χ4n) is 4.99. The van der Waals surface area contributed by atoms with Gasteiger partial charge in [-0.1, -0.05) is 96.1 Å². The Bertz CT molecular complexity index is 1180. The van der Waals surface area contributed by atoms with Crippen LogP contribution in [0, 0.1) is 0 Å². The van der Waals surface area contributed by atoms with Crippen molar-refractivity contribution >= 4 is 11.0 Å². The zero-order valence-electron chi connectivity index (χ0n) is 20.4. The van der Waals surface area contributed by atoms with E-state index in [0.717, 1.165) is 24.2 Å². The van der Waals surface area contributed by atoms with Crippen molar-refractivity contribution in [1.82, 2.24) is 9.55 Å². The zero-order chi connectivity index (χ0) is 22.8. The highest BCUT2D eigenvalue weighted by atomic mass is 15.1. The predicted molar refractivity (Wildman–Crippen MR) is 138 cm³/mol. The summed E-state index contributed by atoms with van der Waals surface area (Å²) in [4.78, 5) is 5.23. The van der Waals surface area contributed by atoms with Gasteiger partial charge in [0.05, 0.1) is 16.7 Å². The van der Waals surface area contributed by atoms with Crippen LogP contribution in [-0.2, 0) is 0 Å². The lowest BCUT2D eigenvalue weighted by molar-refractivity contribution is 0.642. The summed E-state index contributed by atoms with van der Waals surface area (Å²) in [6.07, 6.45) is 2.27. The molecule has 0 N–H and O–H groups in total. The summed E-state index contributed by atoms with van der Waals surface area (Å²) in [5.74, 6) is 2.44. The van der Waals surface area contributed by atoms with E-state index in [1.54, 1.807) is 0 Å². The normalized spacial score (nSPS) is 11.9. The quantitative estimate of drug-likeness (QED) is 0.290. The minimum Gasteiger partial charge on any atom is -0.292 e. The molecule has 1 aromatic heterocycles. The van der Waals surface area contributed by atoms with Gasteiger partial charge in [-0.25, -0.2) is 4.98 Å². The van der Waals surface area contributed by atoms with Crippen molar-refractivity contribution < 1.29 is 0 Å². The summed E-state index contributed by atoms with van der Waals surface area (Å²) in [6.45, 7) is 13.7. The van der Waals surface area contributed by atoms with Crippen molar-refractivity contribution in [3.63, 3.8) is 0 Å². The van der Waals surface area contributed by atoms with E-state index in [4.69, 9.17) is 4.98 Å². The maximum atomic E-state index is 5.23. The van der Waals surface area contributed by atoms with E-state index in [-0.39, 0.29) is 0 Å². The van der Waals surface area contributed by atoms with E-state index in [1.165, 1.54) is 33.5 Å². The number of hydrogen-bond acceptors (Lipinski definition) is 1. The summed E-state index contributed by atoms with van der Waals surface area (Å²) in [5.41, 5.74) is 8.95. The SMILES string of the molecule is CCC(CC)c1ccccc1-c1nc2ccccc2n1-c1c(C(C)C)cccc1C(C)C. The summed E-state index contributed by atoms with van der Waals surface area (Å²) in [7, 11) is 0. The molecule has 0 unspecified atom stereocenters. The van der Waals surface area contributed by atoms with Crippen LogP contribution in [0.15, 0.2) is 66.7 Å². The molecule has 0 amide bonds. The summed E-state index contributed by atoms with van der Waals surface area (Å²) < 4.78 is 2.45. The number of rotatable bonds is 7. The minimum absolute atomic E-state index is 0.423. The van der Waals surface area contributed by atoms with E-state index in [9.17, 15) is 0 Å². The Morgan fingerprint density at radius 1 is 0.688 bits per heavy atom. The Hall–Kier alpha value is -2.87. The van der Waals surface area contributed by atoms with Gasteiger partial charge < -0.3 is 0 Å². The van der Waals surface area contributed by atoms with Crippen molar-refractivity contribution in [2.75, 3.05) is 0 Å². The molecule has 3 aromatic carbocycles. The fraction of sp³-hybridized carbons (Fsp3) is 0.367. The van der Waals surface area contributed by atoms with Gasteiger partial charge in [-0.2, -0.15) is 0 Å². The van der Waals surface area contributed by atoms with Crippen LogP contribution in [0.1, 0.15) is 88.8 Å². The lowest BCUT2D eigenvalue weighted by Crippen LogP contribution is -2.09. The molecule has 32 heavy (non-hydrogen) atoms. The Labute approximate surface area is 193 Å². The average molecular weight is 425 g/mol. The smallest absolute Gasteiger partial charge is 0.146 e. The molecule has 0 aliphatic carbocycles. The molecule has 0 aliphatic rings. The van der Waals surface area contributed by atoms with Crippen LogP contribution in [-0.4, -0.2) is 9.55 Å². The monoisotopic (exact) mass is 424 g/mol. The first kappa shape index (κ1) is 22.3. The molecule has 1 heterocycles. The van der Waals surface area contributed by atoms with Crippen molar-refractivity contribution in [2.45, 2.75) is 72.1 Å². The summed E-state index contributed by atoms with van der Waals surface area (Å²) in [5, 5.41) is 0. The molecule has 0 saturated heterocycles. The van der Waals surface area contributed by atoms with Gasteiger partial charge in [0.25, 0.3) is 0 Å². The first-order valence-corrected chi connectivity index (χ1v) is 12.2. The van der Waals surface area contributed by atoms with Crippen LogP contribution >= 0.6 is 0 Å². The molecule has 0 aliphatic heterocycles. The minimum atomic E-state index is 0.423. The average Bonchev–Trinajstić information content (AvgIpc) is 3.18. The zero-order valence-corrected chi connectivity index (χ0v) is 20.4. The van der Waals surface area contributed by atoms with Gasteiger partial charge >= 0.3 is 0 Å². The number of imidazole rings is 1. The second-order valence-electron chi connectivity index (χ2n) is 9.45. The third kappa shape index (κ3) is 3.88. The molecule has 0 radical (unpaired) electrons. The second-order valence-corrected chi connectivity index (χ2v) is 9.45. The summed E-state index contributed by atoms with van der Waals surface area (Å²) in [6, 6.07) is 24.3. The van der Waals surface area contributed by atoms with Gasteiger partial charge in [-0.3, -0.25) is 4.57 Å². The highest BCUT2D eigenvalue weighted by Gasteiger charge is 2.24. The third-order valence-electron chi connectivity index (χ3n) is 6.75. The molecule has 0 saturated carbocycles. The molecule has 4 rings (SSSR count). The lowest BCUT2D eigenvalue weighted by atomic mass is 9.89. The summed E-state index contributed by atoms with van der Waals surface area (Å²) >= 11 is 0. The predicted octanol–water partition coefficient (Wildman–Crippen LogP) is 8.84. The van der Waals surface area contributed by atoms with Crippen molar-refractivity contribution in [3.8, 4) is 17.1 Å². The number of hydrogen-bond donors (Lipinski definition) is 0. The second kappa shape index (κ2) is 9.32. The van der Waals surface area contributed by atoms with Crippen LogP contribution in [0.3, 0.4) is 0 Å². The molecule has 2 nitrogen and oxygen atoms in total. The number of para-hydroxylation sites is 3. The number of benzene rings is 3. The Kier molecular flexibility index (Phi) is 6.50. The van der Waals surface area contributed by atoms with Crippen molar-refractivity contribution in [3.05, 3.63) is 83.4 Å². The first-order valence-electron chi connectivity index (χ1n) is 12.2. The highest BCUT2D eigenvalue weighted by Crippen LogP contribution is 2.39. The van der Waals surface area contributed by atoms with Gasteiger partial charge in [0.1, 0.15) is 5.82 Å². The Morgan fingerprint density at radius 3 is 1.88 bits per heavy atom. The van der Waals surface area contributed by atoms with E-state index < -0.39 is 0 Å². The topological polar surface area (TPSA) is 17.8 Å². The fourth-order valence-corrected chi connectivity index (χ4v) is 4.99. The molecule has 0 atom stereocenters. The standard InChI is InChI=1S/C30H36N2/c1-7-22(8-2)25-14-9-10-15-26(25)30-31-27-18-11-12-19-28(27)32(30)29-23(20(3)4)16-13-17-24(29)21(5)6/h9-22H,7-8H2,1-6H3. The van der Waals surface area contributed by atoms with Crippen LogP contribution in [0.2, 0.25) is 0 Å². The molecule has 2 heteroatoms. The third-order valence-corrected chi connectivity index (χ3v) is 6.75.